The van der Waals surface area contributed by atoms with Gasteiger partial charge < -0.3 is 21.4 Å². The number of carbonyl (C=O) groups is 2. The van der Waals surface area contributed by atoms with Crippen LogP contribution in [0.2, 0.25) is 0 Å². The summed E-state index contributed by atoms with van der Waals surface area (Å²) < 4.78 is 1.69. The van der Waals surface area contributed by atoms with E-state index >= 15 is 0 Å². The zero-order chi connectivity index (χ0) is 31.2. The van der Waals surface area contributed by atoms with Crippen molar-refractivity contribution < 1.29 is 9.59 Å². The van der Waals surface area contributed by atoms with Crippen molar-refractivity contribution in [2.75, 3.05) is 47.6 Å². The molecule has 2 aliphatic heterocycles. The molecule has 5 rings (SSSR count). The number of unbranched alkanes of at least 4 members (excludes halogenated alkanes) is 1. The summed E-state index contributed by atoms with van der Waals surface area (Å²) in [6.07, 6.45) is 4.20. The van der Waals surface area contributed by atoms with E-state index in [4.69, 9.17) is 5.73 Å². The second-order valence-corrected chi connectivity index (χ2v) is 11.2. The van der Waals surface area contributed by atoms with E-state index < -0.39 is 12.2 Å². The molecule has 0 saturated carbocycles. The van der Waals surface area contributed by atoms with E-state index in [1.807, 2.05) is 54.3 Å². The summed E-state index contributed by atoms with van der Waals surface area (Å²) in [6, 6.07) is 13.3. The highest BCUT2D eigenvalue weighted by molar-refractivity contribution is 6.08. The molecule has 2 aromatic heterocycles. The Hall–Kier alpha value is -5.07. The summed E-state index contributed by atoms with van der Waals surface area (Å²) in [5.74, 6) is 6.65. The molecular formula is C32H38N10O2. The van der Waals surface area contributed by atoms with Gasteiger partial charge in [-0.3, -0.25) is 24.1 Å². The summed E-state index contributed by atoms with van der Waals surface area (Å²) in [7, 11) is 0. The molecule has 2 amide bonds. The Bertz CT molecular complexity index is 1590. The first kappa shape index (κ1) is 30.4. The van der Waals surface area contributed by atoms with Gasteiger partial charge in [0.1, 0.15) is 41.5 Å². The Morgan fingerprint density at radius 3 is 2.59 bits per heavy atom. The van der Waals surface area contributed by atoms with Gasteiger partial charge in [0.2, 0.25) is 5.91 Å². The van der Waals surface area contributed by atoms with Crippen molar-refractivity contribution in [3.8, 4) is 17.9 Å². The number of rotatable bonds is 8. The van der Waals surface area contributed by atoms with Gasteiger partial charge >= 0.3 is 0 Å². The van der Waals surface area contributed by atoms with E-state index in [9.17, 15) is 14.9 Å². The number of nitrogen functional groups attached to an aromatic ring is 1. The first-order chi connectivity index (χ1) is 21.3. The molecule has 44 heavy (non-hydrogen) atoms. The average Bonchev–Trinajstić information content (AvgIpc) is 3.44. The molecule has 12 nitrogen and oxygen atoms in total. The summed E-state index contributed by atoms with van der Waals surface area (Å²) in [5.41, 5.74) is 11.2. The summed E-state index contributed by atoms with van der Waals surface area (Å²) in [6.45, 7) is 9.63. The van der Waals surface area contributed by atoms with Crippen LogP contribution in [0.15, 0.2) is 48.9 Å². The van der Waals surface area contributed by atoms with Crippen LogP contribution in [0.4, 0.5) is 17.3 Å². The number of aromatic nitrogens is 3. The average molecular weight is 595 g/mol. The lowest BCUT2D eigenvalue weighted by molar-refractivity contribution is -0.133. The Morgan fingerprint density at radius 2 is 1.89 bits per heavy atom. The minimum absolute atomic E-state index is 0.0783. The quantitative estimate of drug-likeness (QED) is 0.264. The van der Waals surface area contributed by atoms with Gasteiger partial charge in [-0.2, -0.15) is 5.26 Å². The van der Waals surface area contributed by atoms with Crippen LogP contribution in [0.3, 0.4) is 0 Å². The number of nitrogens with one attached hydrogen (secondary N) is 2. The number of amides is 2. The predicted octanol–water partition coefficient (Wildman–Crippen LogP) is 2.84. The van der Waals surface area contributed by atoms with E-state index in [2.05, 4.69) is 51.3 Å². The molecule has 2 aliphatic rings. The number of hydrogen-bond donors (Lipinski definition) is 3. The van der Waals surface area contributed by atoms with Crippen molar-refractivity contribution in [2.24, 2.45) is 0 Å². The van der Waals surface area contributed by atoms with Crippen LogP contribution < -0.4 is 21.4 Å². The molecule has 2 atom stereocenters. The molecule has 1 unspecified atom stereocenters. The van der Waals surface area contributed by atoms with Crippen LogP contribution in [0.5, 0.6) is 0 Å². The number of benzene rings is 1. The highest BCUT2D eigenvalue weighted by Gasteiger charge is 2.38. The van der Waals surface area contributed by atoms with Gasteiger partial charge in [0.25, 0.3) is 5.91 Å². The van der Waals surface area contributed by atoms with E-state index in [1.165, 1.54) is 6.33 Å². The number of piperazine rings is 1. The molecule has 1 saturated heterocycles. The highest BCUT2D eigenvalue weighted by Crippen LogP contribution is 2.28. The molecule has 0 radical (unpaired) electrons. The fraction of sp³-hybridized carbons (Fsp3) is 0.406. The first-order valence-corrected chi connectivity index (χ1v) is 14.9. The van der Waals surface area contributed by atoms with Crippen molar-refractivity contribution in [3.05, 3.63) is 65.7 Å². The standard InChI is InChI=1S/C32H38N10O2/c1-22(2)39-16-18-40(19-17-39)27(43)13-9-4-6-10-24-14-15-41-28(24)32(44)42(25-11-7-5-8-12-25)31(38-41)23(3)37-30-26(20-33)29(34)35-21-36-30/h5,7-8,11-12,14-15,21-23,31,38H,4,9,13,16-19H2,1-3H3,(H3,34,35,36,37)/t23-,31?/m0/s1. The Labute approximate surface area is 257 Å². The van der Waals surface area contributed by atoms with Crippen molar-refractivity contribution in [1.29, 1.82) is 5.26 Å². The Kier molecular flexibility index (Phi) is 9.32. The van der Waals surface area contributed by atoms with Crippen LogP contribution in [-0.4, -0.2) is 80.7 Å². The molecule has 0 aliphatic carbocycles. The van der Waals surface area contributed by atoms with E-state index in [0.717, 1.165) is 26.2 Å². The number of carbonyl (C=O) groups excluding carboxylic acids is 2. The largest absolute Gasteiger partial charge is 0.382 e. The number of para-hydroxylation sites is 1. The van der Waals surface area contributed by atoms with Crippen LogP contribution in [0.1, 0.15) is 61.6 Å². The van der Waals surface area contributed by atoms with Gasteiger partial charge in [0, 0.05) is 56.9 Å². The van der Waals surface area contributed by atoms with Gasteiger partial charge in [0.15, 0.2) is 0 Å². The third-order valence-electron chi connectivity index (χ3n) is 8.03. The molecule has 4 N–H and O–H groups in total. The molecule has 0 spiro atoms. The van der Waals surface area contributed by atoms with Gasteiger partial charge in [-0.1, -0.05) is 30.0 Å². The maximum Gasteiger partial charge on any atom is 0.279 e. The van der Waals surface area contributed by atoms with Crippen molar-refractivity contribution in [1.82, 2.24) is 24.4 Å². The van der Waals surface area contributed by atoms with E-state index in [-0.39, 0.29) is 29.0 Å². The number of anilines is 3. The van der Waals surface area contributed by atoms with Crippen LogP contribution >= 0.6 is 0 Å². The van der Waals surface area contributed by atoms with E-state index in [1.54, 1.807) is 15.8 Å². The minimum Gasteiger partial charge on any atom is -0.382 e. The number of hydrogen-bond acceptors (Lipinski definition) is 9. The highest BCUT2D eigenvalue weighted by atomic mass is 16.2. The Morgan fingerprint density at radius 1 is 1.14 bits per heavy atom. The molecule has 1 fully saturated rings. The molecule has 0 bridgehead atoms. The molecule has 12 heteroatoms. The van der Waals surface area contributed by atoms with Crippen molar-refractivity contribution >= 4 is 29.1 Å². The zero-order valence-corrected chi connectivity index (χ0v) is 25.3. The third-order valence-corrected chi connectivity index (χ3v) is 8.03. The lowest BCUT2D eigenvalue weighted by atomic mass is 10.1. The smallest absolute Gasteiger partial charge is 0.279 e. The topological polar surface area (TPSA) is 148 Å². The van der Waals surface area contributed by atoms with Gasteiger partial charge in [-0.05, 0) is 45.4 Å². The van der Waals surface area contributed by atoms with E-state index in [0.29, 0.717) is 42.2 Å². The monoisotopic (exact) mass is 594 g/mol. The number of fused-ring (bicyclic) bond motifs is 1. The molecule has 4 heterocycles. The van der Waals surface area contributed by atoms with Crippen LogP contribution in [0.25, 0.3) is 0 Å². The van der Waals surface area contributed by atoms with Gasteiger partial charge in [-0.25, -0.2) is 9.97 Å². The van der Waals surface area contributed by atoms with Gasteiger partial charge in [-0.15, -0.1) is 0 Å². The van der Waals surface area contributed by atoms with Crippen molar-refractivity contribution in [2.45, 2.75) is 58.3 Å². The SMILES string of the molecule is CC(C)N1CCN(C(=O)CCCC#Cc2ccn3c2C(=O)N(c2ccccc2)C([C@H](C)Nc2ncnc(N)c2C#N)N3)CC1. The second-order valence-electron chi connectivity index (χ2n) is 11.2. The fourth-order valence-corrected chi connectivity index (χ4v) is 5.55. The lowest BCUT2D eigenvalue weighted by Gasteiger charge is -2.41. The third kappa shape index (κ3) is 6.46. The second kappa shape index (κ2) is 13.5. The lowest BCUT2D eigenvalue weighted by Crippen LogP contribution is -2.59. The molecular weight excluding hydrogens is 556 g/mol. The molecule has 3 aromatic rings. The van der Waals surface area contributed by atoms with Crippen molar-refractivity contribution in [3.63, 3.8) is 0 Å². The normalized spacial score (nSPS) is 17.2. The molecule has 1 aromatic carbocycles. The van der Waals surface area contributed by atoms with Gasteiger partial charge in [0.05, 0.1) is 11.6 Å². The minimum atomic E-state index is -0.554. The zero-order valence-electron chi connectivity index (χ0n) is 25.3. The summed E-state index contributed by atoms with van der Waals surface area (Å²) in [4.78, 5) is 40.9. The maximum absolute atomic E-state index is 14.1. The number of nitriles is 1. The number of nitrogens with two attached hydrogens (primary N) is 1. The number of nitrogens with zero attached hydrogens (tertiary/aromatic N) is 7. The molecule has 228 valence electrons. The maximum atomic E-state index is 14.1. The first-order valence-electron chi connectivity index (χ1n) is 14.9. The summed E-state index contributed by atoms with van der Waals surface area (Å²) in [5, 5.41) is 12.8. The predicted molar refractivity (Wildman–Crippen MR) is 169 cm³/mol. The fourth-order valence-electron chi connectivity index (χ4n) is 5.55. The van der Waals surface area contributed by atoms with Crippen LogP contribution in [-0.2, 0) is 4.79 Å². The Balaban J connectivity index is 1.28. The van der Waals surface area contributed by atoms with Crippen LogP contribution in [0, 0.1) is 23.2 Å². The summed E-state index contributed by atoms with van der Waals surface area (Å²) >= 11 is 0.